The Kier molecular flexibility index (Phi) is 5.57. The van der Waals surface area contributed by atoms with Crippen molar-refractivity contribution in [3.63, 3.8) is 0 Å². The van der Waals surface area contributed by atoms with Gasteiger partial charge in [-0.1, -0.05) is 25.1 Å². The molecule has 0 radical (unpaired) electrons. The van der Waals surface area contributed by atoms with Crippen molar-refractivity contribution in [1.82, 2.24) is 5.06 Å². The van der Waals surface area contributed by atoms with E-state index < -0.39 is 60.3 Å². The lowest BCUT2D eigenvalue weighted by molar-refractivity contribution is -0.235. The predicted molar refractivity (Wildman–Crippen MR) is 117 cm³/mol. The number of carbonyl (C=O) groups excluding carboxylic acids is 3. The molecule has 4 saturated heterocycles. The molecule has 0 aromatic heterocycles. The number of fused-ring (bicyclic) bond motifs is 2. The summed E-state index contributed by atoms with van der Waals surface area (Å²) < 4.78 is 23.6. The number of hydroxylamine groups is 2. The van der Waals surface area contributed by atoms with Gasteiger partial charge in [0.2, 0.25) is 5.91 Å². The number of hydrogen-bond acceptors (Lipinski definition) is 9. The molecule has 34 heavy (non-hydrogen) atoms. The third-order valence-corrected chi connectivity index (χ3v) is 6.95. The molecule has 0 unspecified atom stereocenters. The lowest BCUT2D eigenvalue weighted by atomic mass is 9.89. The molecule has 10 heteroatoms. The average molecular weight is 475 g/mol. The van der Waals surface area contributed by atoms with E-state index in [1.807, 2.05) is 32.0 Å². The largest absolute Gasteiger partial charge is 0.457 e. The van der Waals surface area contributed by atoms with Gasteiger partial charge in [0, 0.05) is 14.0 Å². The molecular weight excluding hydrogens is 444 g/mol. The van der Waals surface area contributed by atoms with Gasteiger partial charge in [-0.2, -0.15) is 5.06 Å². The topological polar surface area (TPSA) is 104 Å². The lowest BCUT2D eigenvalue weighted by Gasteiger charge is -2.33. The lowest BCUT2D eigenvalue weighted by Crippen LogP contribution is -2.51. The van der Waals surface area contributed by atoms with Crippen molar-refractivity contribution in [2.45, 2.75) is 83.6 Å². The van der Waals surface area contributed by atoms with E-state index in [1.54, 1.807) is 20.9 Å². The number of ether oxygens (including phenoxy) is 4. The number of hydrogen-bond donors (Lipinski definition) is 0. The summed E-state index contributed by atoms with van der Waals surface area (Å²) in [4.78, 5) is 46.3. The zero-order chi connectivity index (χ0) is 24.5. The molecule has 184 valence electrons. The van der Waals surface area contributed by atoms with Gasteiger partial charge in [0.05, 0.1) is 17.6 Å². The smallest absolute Gasteiger partial charge is 0.303 e. The summed E-state index contributed by atoms with van der Waals surface area (Å²) in [5.41, 5.74) is 2.34. The number of aryl methyl sites for hydroxylation is 2. The number of amides is 2. The summed E-state index contributed by atoms with van der Waals surface area (Å²) in [6, 6.07) is 5.01. The highest BCUT2D eigenvalue weighted by molar-refractivity contribution is 6.24. The number of benzene rings is 1. The van der Waals surface area contributed by atoms with E-state index in [-0.39, 0.29) is 5.91 Å². The number of imide groups is 1. The van der Waals surface area contributed by atoms with Crippen molar-refractivity contribution in [2.75, 3.05) is 11.9 Å². The van der Waals surface area contributed by atoms with E-state index in [0.29, 0.717) is 12.1 Å². The Balaban J connectivity index is 1.49. The number of likely N-dealkylation sites (N-methyl/N-ethyl adjacent to an activating group) is 1. The Labute approximate surface area is 198 Å². The molecular formula is C24H30N2O8. The Hall–Kier alpha value is -2.37. The first-order valence-corrected chi connectivity index (χ1v) is 11.6. The quantitative estimate of drug-likeness (QED) is 0.474. The summed E-state index contributed by atoms with van der Waals surface area (Å²) in [5, 5.41) is 1.47. The second-order valence-electron chi connectivity index (χ2n) is 9.68. The van der Waals surface area contributed by atoms with Crippen molar-refractivity contribution in [3.8, 4) is 0 Å². The summed E-state index contributed by atoms with van der Waals surface area (Å²) in [5.74, 6) is -3.02. The third kappa shape index (κ3) is 3.47. The molecule has 7 atom stereocenters. The fourth-order valence-corrected chi connectivity index (χ4v) is 5.64. The van der Waals surface area contributed by atoms with E-state index in [9.17, 15) is 14.4 Å². The Morgan fingerprint density at radius 1 is 1.15 bits per heavy atom. The van der Waals surface area contributed by atoms with Gasteiger partial charge in [-0.05, 0) is 38.3 Å². The van der Waals surface area contributed by atoms with Gasteiger partial charge in [0.1, 0.15) is 6.10 Å². The molecule has 0 bridgehead atoms. The highest BCUT2D eigenvalue weighted by atomic mass is 16.8. The maximum Gasteiger partial charge on any atom is 0.303 e. The van der Waals surface area contributed by atoms with Crippen LogP contribution in [0, 0.1) is 12.8 Å². The van der Waals surface area contributed by atoms with Crippen LogP contribution in [0.3, 0.4) is 0 Å². The zero-order valence-electron chi connectivity index (χ0n) is 20.1. The van der Waals surface area contributed by atoms with Crippen LogP contribution in [0.25, 0.3) is 0 Å². The number of anilines is 1. The van der Waals surface area contributed by atoms with Crippen molar-refractivity contribution in [2.24, 2.45) is 5.92 Å². The number of nitrogens with zero attached hydrogens (tertiary/aromatic N) is 2. The average Bonchev–Trinajstić information content (AvgIpc) is 3.41. The first-order valence-electron chi connectivity index (χ1n) is 11.6. The van der Waals surface area contributed by atoms with Crippen LogP contribution in [0.15, 0.2) is 18.2 Å². The summed E-state index contributed by atoms with van der Waals surface area (Å²) in [7, 11) is 1.65. The van der Waals surface area contributed by atoms with E-state index in [0.717, 1.165) is 11.1 Å². The molecule has 4 aliphatic heterocycles. The second-order valence-corrected chi connectivity index (χ2v) is 9.68. The number of para-hydroxylation sites is 1. The van der Waals surface area contributed by atoms with Gasteiger partial charge < -0.3 is 18.9 Å². The van der Waals surface area contributed by atoms with Crippen LogP contribution in [-0.4, -0.2) is 72.4 Å². The van der Waals surface area contributed by atoms with Crippen LogP contribution in [0.1, 0.15) is 38.8 Å². The minimum absolute atomic E-state index is 0.363. The van der Waals surface area contributed by atoms with Crippen LogP contribution in [0.2, 0.25) is 0 Å². The molecule has 10 nitrogen and oxygen atoms in total. The van der Waals surface area contributed by atoms with Crippen LogP contribution in [0.5, 0.6) is 0 Å². The van der Waals surface area contributed by atoms with E-state index in [4.69, 9.17) is 23.8 Å². The molecule has 5 rings (SSSR count). The molecule has 0 aliphatic carbocycles. The first kappa shape index (κ1) is 23.4. The van der Waals surface area contributed by atoms with Gasteiger partial charge in [0.15, 0.2) is 30.4 Å². The van der Waals surface area contributed by atoms with Crippen LogP contribution < -0.4 is 4.90 Å². The molecule has 0 saturated carbocycles. The van der Waals surface area contributed by atoms with Crippen LogP contribution >= 0.6 is 0 Å². The first-order chi connectivity index (χ1) is 16.0. The molecule has 0 spiro atoms. The normalized spacial score (nSPS) is 36.8. The van der Waals surface area contributed by atoms with E-state index in [2.05, 4.69) is 0 Å². The van der Waals surface area contributed by atoms with Crippen molar-refractivity contribution in [3.05, 3.63) is 29.3 Å². The Morgan fingerprint density at radius 3 is 2.56 bits per heavy atom. The van der Waals surface area contributed by atoms with Crippen molar-refractivity contribution < 1.29 is 38.2 Å². The summed E-state index contributed by atoms with van der Waals surface area (Å²) in [6.07, 6.45) is -3.39. The van der Waals surface area contributed by atoms with E-state index >= 15 is 0 Å². The summed E-state index contributed by atoms with van der Waals surface area (Å²) in [6.45, 7) is 8.66. The molecule has 4 heterocycles. The highest BCUT2D eigenvalue weighted by Crippen LogP contribution is 2.46. The number of esters is 1. The fourth-order valence-electron chi connectivity index (χ4n) is 5.64. The van der Waals surface area contributed by atoms with Gasteiger partial charge in [-0.25, -0.2) is 4.90 Å². The Bertz CT molecular complexity index is 1040. The van der Waals surface area contributed by atoms with Gasteiger partial charge in [-0.15, -0.1) is 0 Å². The second kappa shape index (κ2) is 8.10. The number of carbonyl (C=O) groups is 3. The van der Waals surface area contributed by atoms with Gasteiger partial charge in [-0.3, -0.25) is 19.2 Å². The molecule has 4 aliphatic rings. The maximum absolute atomic E-state index is 13.8. The number of rotatable bonds is 4. The predicted octanol–water partition coefficient (Wildman–Crippen LogP) is 1.47. The molecule has 4 fully saturated rings. The monoisotopic (exact) mass is 474 g/mol. The molecule has 2 amide bonds. The SMILES string of the molecule is CCc1cccc(C)c1N1C(=O)[C@@H]2[C@@H]([C@H]3O[C@@H]4OC(C)(C)O[C@@H]4[C@H]3OC(C)=O)N(C)O[C@@H]2C1=O. The molecule has 1 aromatic rings. The van der Waals surface area contributed by atoms with Gasteiger partial charge in [0.25, 0.3) is 5.91 Å². The van der Waals surface area contributed by atoms with Gasteiger partial charge >= 0.3 is 5.97 Å². The molecule has 1 aromatic carbocycles. The van der Waals surface area contributed by atoms with E-state index in [1.165, 1.54) is 16.9 Å². The minimum Gasteiger partial charge on any atom is -0.457 e. The van der Waals surface area contributed by atoms with Crippen molar-refractivity contribution in [1.29, 1.82) is 0 Å². The standard InChI is InChI=1S/C24H30N2O8/c1-7-13-10-8-9-11(2)15(13)26-21(28)14-16(25(6)34-17(14)22(26)29)18-19(30-12(3)27)20-23(31-18)33-24(4,5)32-20/h8-10,14,16-20,23H,7H2,1-6H3/t14-,16+,17+,18-,19+,20-,23-/m1/s1. The molecule has 0 N–H and O–H groups in total. The summed E-state index contributed by atoms with van der Waals surface area (Å²) >= 11 is 0. The minimum atomic E-state index is -0.993. The maximum atomic E-state index is 13.8. The zero-order valence-corrected chi connectivity index (χ0v) is 20.1. The third-order valence-electron chi connectivity index (χ3n) is 6.95. The Morgan fingerprint density at radius 2 is 1.88 bits per heavy atom. The van der Waals surface area contributed by atoms with Crippen LogP contribution in [-0.2, 0) is 44.6 Å². The highest BCUT2D eigenvalue weighted by Gasteiger charge is 2.67. The fraction of sp³-hybridized carbons (Fsp3) is 0.625. The van der Waals surface area contributed by atoms with Crippen molar-refractivity contribution >= 4 is 23.5 Å². The van der Waals surface area contributed by atoms with Crippen LogP contribution in [0.4, 0.5) is 5.69 Å².